The van der Waals surface area contributed by atoms with Gasteiger partial charge < -0.3 is 9.47 Å². The van der Waals surface area contributed by atoms with Crippen molar-refractivity contribution in [3.63, 3.8) is 0 Å². The predicted octanol–water partition coefficient (Wildman–Crippen LogP) is 4.30. The van der Waals surface area contributed by atoms with Crippen molar-refractivity contribution in [2.24, 2.45) is 0 Å². The van der Waals surface area contributed by atoms with Crippen LogP contribution in [0.5, 0.6) is 11.5 Å². The lowest BCUT2D eigenvalue weighted by Gasteiger charge is -2.19. The van der Waals surface area contributed by atoms with Crippen molar-refractivity contribution in [1.82, 2.24) is 0 Å². The Bertz CT molecular complexity index is 726. The van der Waals surface area contributed by atoms with Crippen LogP contribution in [-0.2, 0) is 0 Å². The summed E-state index contributed by atoms with van der Waals surface area (Å²) >= 11 is 12.3. The summed E-state index contributed by atoms with van der Waals surface area (Å²) in [5, 5.41) is 0.885. The van der Waals surface area contributed by atoms with Crippen LogP contribution in [0.1, 0.15) is 21.5 Å². The molecule has 21 heavy (non-hydrogen) atoms. The van der Waals surface area contributed by atoms with Gasteiger partial charge in [-0.1, -0.05) is 35.3 Å². The zero-order valence-electron chi connectivity index (χ0n) is 11.3. The van der Waals surface area contributed by atoms with Crippen molar-refractivity contribution >= 4 is 29.0 Å². The summed E-state index contributed by atoms with van der Waals surface area (Å²) in [6.07, 6.45) is 0. The van der Waals surface area contributed by atoms with E-state index in [9.17, 15) is 4.79 Å². The van der Waals surface area contributed by atoms with Gasteiger partial charge >= 0.3 is 0 Å². The first kappa shape index (κ1) is 14.2. The van der Waals surface area contributed by atoms with Crippen molar-refractivity contribution in [3.8, 4) is 11.5 Å². The van der Waals surface area contributed by atoms with Crippen molar-refractivity contribution in [2.45, 2.75) is 6.92 Å². The summed E-state index contributed by atoms with van der Waals surface area (Å²) in [5.74, 6) is 0.899. The molecule has 1 heterocycles. The van der Waals surface area contributed by atoms with Gasteiger partial charge in [0.15, 0.2) is 17.3 Å². The van der Waals surface area contributed by atoms with E-state index >= 15 is 0 Å². The minimum absolute atomic E-state index is 0.195. The Morgan fingerprint density at radius 1 is 1.00 bits per heavy atom. The van der Waals surface area contributed by atoms with Gasteiger partial charge in [-0.05, 0) is 24.6 Å². The molecular formula is C16H12Cl2O3. The van der Waals surface area contributed by atoms with E-state index in [0.29, 0.717) is 45.9 Å². The number of hydrogen-bond donors (Lipinski definition) is 0. The summed E-state index contributed by atoms with van der Waals surface area (Å²) in [4.78, 5) is 12.6. The van der Waals surface area contributed by atoms with Crippen LogP contribution in [0.3, 0.4) is 0 Å². The molecule has 2 aromatic rings. The van der Waals surface area contributed by atoms with Gasteiger partial charge in [0.1, 0.15) is 13.2 Å². The molecule has 0 bridgehead atoms. The van der Waals surface area contributed by atoms with Crippen LogP contribution in [0.4, 0.5) is 0 Å². The third-order valence-electron chi connectivity index (χ3n) is 3.31. The summed E-state index contributed by atoms with van der Waals surface area (Å²) in [5.41, 5.74) is 1.78. The maximum atomic E-state index is 12.6. The van der Waals surface area contributed by atoms with Crippen LogP contribution in [0.15, 0.2) is 30.3 Å². The van der Waals surface area contributed by atoms with Crippen molar-refractivity contribution in [2.75, 3.05) is 13.2 Å². The maximum Gasteiger partial charge on any atom is 0.194 e. The molecule has 2 aromatic carbocycles. The molecule has 0 radical (unpaired) electrons. The van der Waals surface area contributed by atoms with E-state index < -0.39 is 0 Å². The molecule has 0 N–H and O–H groups in total. The topological polar surface area (TPSA) is 35.5 Å². The lowest BCUT2D eigenvalue weighted by molar-refractivity contribution is 0.103. The molecule has 0 amide bonds. The highest BCUT2D eigenvalue weighted by molar-refractivity contribution is 6.35. The van der Waals surface area contributed by atoms with E-state index in [0.717, 1.165) is 5.56 Å². The minimum atomic E-state index is -0.195. The number of rotatable bonds is 2. The maximum absolute atomic E-state index is 12.6. The monoisotopic (exact) mass is 322 g/mol. The molecule has 1 aliphatic rings. The Morgan fingerprint density at radius 3 is 2.33 bits per heavy atom. The molecule has 5 heteroatoms. The molecule has 0 saturated heterocycles. The first-order valence-electron chi connectivity index (χ1n) is 6.46. The Hall–Kier alpha value is -1.71. The van der Waals surface area contributed by atoms with E-state index in [1.54, 1.807) is 24.3 Å². The van der Waals surface area contributed by atoms with Crippen LogP contribution < -0.4 is 9.47 Å². The Morgan fingerprint density at radius 2 is 1.67 bits per heavy atom. The van der Waals surface area contributed by atoms with Crippen molar-refractivity contribution in [1.29, 1.82) is 0 Å². The van der Waals surface area contributed by atoms with E-state index in [2.05, 4.69) is 0 Å². The Labute approximate surface area is 132 Å². The van der Waals surface area contributed by atoms with Gasteiger partial charge in [0, 0.05) is 22.2 Å². The molecule has 1 aliphatic heterocycles. The summed E-state index contributed by atoms with van der Waals surface area (Å²) in [6.45, 7) is 2.82. The average molecular weight is 323 g/mol. The first-order chi connectivity index (χ1) is 10.1. The zero-order chi connectivity index (χ0) is 15.0. The van der Waals surface area contributed by atoms with Gasteiger partial charge in [0.25, 0.3) is 0 Å². The lowest BCUT2D eigenvalue weighted by Crippen LogP contribution is -2.16. The number of carbonyl (C=O) groups excluding carboxylic acids is 1. The van der Waals surface area contributed by atoms with Gasteiger partial charge in [0.05, 0.1) is 5.02 Å². The van der Waals surface area contributed by atoms with Crippen molar-refractivity contribution < 1.29 is 14.3 Å². The highest BCUT2D eigenvalue weighted by atomic mass is 35.5. The number of benzene rings is 2. The highest BCUT2D eigenvalue weighted by Gasteiger charge is 2.20. The lowest BCUT2D eigenvalue weighted by atomic mass is 10.0. The largest absolute Gasteiger partial charge is 0.486 e. The number of carbonyl (C=O) groups is 1. The van der Waals surface area contributed by atoms with E-state index in [-0.39, 0.29) is 5.78 Å². The summed E-state index contributed by atoms with van der Waals surface area (Å²) in [6, 6.07) is 8.41. The van der Waals surface area contributed by atoms with Crippen molar-refractivity contribution in [3.05, 3.63) is 57.1 Å². The predicted molar refractivity (Wildman–Crippen MR) is 82.1 cm³/mol. The molecule has 0 saturated carbocycles. The van der Waals surface area contributed by atoms with Crippen LogP contribution >= 0.6 is 23.2 Å². The molecular weight excluding hydrogens is 311 g/mol. The molecule has 0 spiro atoms. The third kappa shape index (κ3) is 2.71. The van der Waals surface area contributed by atoms with Crippen LogP contribution in [-0.4, -0.2) is 19.0 Å². The average Bonchev–Trinajstić information content (AvgIpc) is 2.48. The second-order valence-corrected chi connectivity index (χ2v) is 5.58. The molecule has 0 fully saturated rings. The second kappa shape index (κ2) is 5.58. The molecule has 0 atom stereocenters. The standard InChI is InChI=1S/C16H12Cl2O3/c1-9-2-3-10(6-12(9)17)16(19)11-7-14-15(8-13(11)18)21-5-4-20-14/h2-3,6-8H,4-5H2,1H3. The quantitative estimate of drug-likeness (QED) is 0.773. The minimum Gasteiger partial charge on any atom is -0.486 e. The summed E-state index contributed by atoms with van der Waals surface area (Å²) in [7, 11) is 0. The van der Waals surface area contributed by atoms with E-state index in [4.69, 9.17) is 32.7 Å². The van der Waals surface area contributed by atoms with Gasteiger partial charge in [-0.15, -0.1) is 0 Å². The van der Waals surface area contributed by atoms with E-state index in [1.165, 1.54) is 0 Å². The fraction of sp³-hybridized carbons (Fsp3) is 0.188. The highest BCUT2D eigenvalue weighted by Crippen LogP contribution is 2.36. The Balaban J connectivity index is 2.03. The Kier molecular flexibility index (Phi) is 3.79. The normalized spacial score (nSPS) is 13.1. The van der Waals surface area contributed by atoms with Gasteiger partial charge in [-0.3, -0.25) is 4.79 Å². The number of hydrogen-bond acceptors (Lipinski definition) is 3. The number of fused-ring (bicyclic) bond motifs is 1. The smallest absolute Gasteiger partial charge is 0.194 e. The van der Waals surface area contributed by atoms with Crippen LogP contribution in [0.25, 0.3) is 0 Å². The van der Waals surface area contributed by atoms with Gasteiger partial charge in [0.2, 0.25) is 0 Å². The number of halogens is 2. The van der Waals surface area contributed by atoms with Gasteiger partial charge in [-0.25, -0.2) is 0 Å². The van der Waals surface area contributed by atoms with E-state index in [1.807, 2.05) is 13.0 Å². The fourth-order valence-electron chi connectivity index (χ4n) is 2.13. The number of aryl methyl sites for hydroxylation is 1. The fourth-order valence-corrected chi connectivity index (χ4v) is 2.55. The molecule has 3 nitrogen and oxygen atoms in total. The zero-order valence-corrected chi connectivity index (χ0v) is 12.8. The summed E-state index contributed by atoms with van der Waals surface area (Å²) < 4.78 is 10.9. The first-order valence-corrected chi connectivity index (χ1v) is 7.22. The molecule has 0 aromatic heterocycles. The SMILES string of the molecule is Cc1ccc(C(=O)c2cc3c(cc2Cl)OCCO3)cc1Cl. The molecule has 0 aliphatic carbocycles. The molecule has 0 unspecified atom stereocenters. The molecule has 3 rings (SSSR count). The number of ketones is 1. The van der Waals surface area contributed by atoms with Crippen LogP contribution in [0, 0.1) is 6.92 Å². The van der Waals surface area contributed by atoms with Crippen LogP contribution in [0.2, 0.25) is 10.0 Å². The van der Waals surface area contributed by atoms with Gasteiger partial charge in [-0.2, -0.15) is 0 Å². The number of ether oxygens (including phenoxy) is 2. The third-order valence-corrected chi connectivity index (χ3v) is 4.03. The second-order valence-electron chi connectivity index (χ2n) is 4.77. The molecule has 108 valence electrons.